The molecule has 1 heterocycles. The SMILES string of the molecule is Cc1ccc(C)c(CC(N)Cc2ncnn2C(C)C)c1. The van der Waals surface area contributed by atoms with Crippen LogP contribution in [-0.2, 0) is 12.8 Å². The lowest BCUT2D eigenvalue weighted by atomic mass is 9.98. The Labute approximate surface area is 121 Å². The number of hydrogen-bond donors (Lipinski definition) is 1. The molecule has 1 aromatic carbocycles. The largest absolute Gasteiger partial charge is 0.327 e. The molecule has 2 rings (SSSR count). The van der Waals surface area contributed by atoms with Crippen molar-refractivity contribution in [3.63, 3.8) is 0 Å². The van der Waals surface area contributed by atoms with Gasteiger partial charge in [0.15, 0.2) is 0 Å². The van der Waals surface area contributed by atoms with Gasteiger partial charge in [-0.3, -0.25) is 0 Å². The number of benzene rings is 1. The van der Waals surface area contributed by atoms with Crippen LogP contribution in [0.15, 0.2) is 24.5 Å². The Balaban J connectivity index is 2.07. The van der Waals surface area contributed by atoms with Crippen LogP contribution in [0.25, 0.3) is 0 Å². The summed E-state index contributed by atoms with van der Waals surface area (Å²) in [6, 6.07) is 6.91. The summed E-state index contributed by atoms with van der Waals surface area (Å²) in [6.07, 6.45) is 3.24. The second-order valence-corrected chi connectivity index (χ2v) is 5.81. The van der Waals surface area contributed by atoms with Crippen LogP contribution in [0.3, 0.4) is 0 Å². The highest BCUT2D eigenvalue weighted by molar-refractivity contribution is 5.31. The first-order valence-corrected chi connectivity index (χ1v) is 7.17. The van der Waals surface area contributed by atoms with Crippen molar-refractivity contribution in [1.82, 2.24) is 14.8 Å². The van der Waals surface area contributed by atoms with Crippen LogP contribution in [0, 0.1) is 13.8 Å². The van der Waals surface area contributed by atoms with Gasteiger partial charge in [0.05, 0.1) is 0 Å². The van der Waals surface area contributed by atoms with Crippen LogP contribution in [-0.4, -0.2) is 20.8 Å². The van der Waals surface area contributed by atoms with Crippen molar-refractivity contribution < 1.29 is 0 Å². The van der Waals surface area contributed by atoms with Gasteiger partial charge >= 0.3 is 0 Å². The van der Waals surface area contributed by atoms with Gasteiger partial charge in [0.2, 0.25) is 0 Å². The molecule has 1 aromatic heterocycles. The third-order valence-electron chi connectivity index (χ3n) is 3.57. The molecule has 20 heavy (non-hydrogen) atoms. The van der Waals surface area contributed by atoms with Gasteiger partial charge in [-0.25, -0.2) is 9.67 Å². The van der Waals surface area contributed by atoms with Crippen molar-refractivity contribution >= 4 is 0 Å². The number of nitrogens with two attached hydrogens (primary N) is 1. The quantitative estimate of drug-likeness (QED) is 0.910. The molecule has 108 valence electrons. The van der Waals surface area contributed by atoms with E-state index in [1.807, 2.05) is 4.68 Å². The molecule has 0 saturated heterocycles. The van der Waals surface area contributed by atoms with Gasteiger partial charge in [-0.05, 0) is 45.2 Å². The molecule has 0 radical (unpaired) electrons. The third-order valence-corrected chi connectivity index (χ3v) is 3.57. The third kappa shape index (κ3) is 3.45. The Morgan fingerprint density at radius 2 is 1.95 bits per heavy atom. The lowest BCUT2D eigenvalue weighted by molar-refractivity contribution is 0.489. The fourth-order valence-electron chi connectivity index (χ4n) is 2.46. The topological polar surface area (TPSA) is 56.7 Å². The van der Waals surface area contributed by atoms with Gasteiger partial charge in [-0.15, -0.1) is 0 Å². The van der Waals surface area contributed by atoms with E-state index < -0.39 is 0 Å². The summed E-state index contributed by atoms with van der Waals surface area (Å²) in [5, 5.41) is 4.26. The van der Waals surface area contributed by atoms with E-state index in [9.17, 15) is 0 Å². The van der Waals surface area contributed by atoms with Gasteiger partial charge in [-0.1, -0.05) is 23.8 Å². The molecule has 4 nitrogen and oxygen atoms in total. The van der Waals surface area contributed by atoms with E-state index in [-0.39, 0.29) is 6.04 Å². The van der Waals surface area contributed by atoms with E-state index in [0.29, 0.717) is 6.04 Å². The van der Waals surface area contributed by atoms with Gasteiger partial charge in [0, 0.05) is 18.5 Å². The first-order chi connectivity index (χ1) is 9.47. The normalized spacial score (nSPS) is 12.9. The fraction of sp³-hybridized carbons (Fsp3) is 0.500. The summed E-state index contributed by atoms with van der Waals surface area (Å²) in [5.74, 6) is 0.970. The van der Waals surface area contributed by atoms with Crippen LogP contribution < -0.4 is 5.73 Å². The zero-order valence-electron chi connectivity index (χ0n) is 12.8. The standard InChI is InChI=1S/C16H24N4/c1-11(2)20-16(18-10-19-20)9-15(17)8-14-7-12(3)5-6-13(14)4/h5-7,10-11,15H,8-9,17H2,1-4H3. The van der Waals surface area contributed by atoms with Crippen LogP contribution in [0.4, 0.5) is 0 Å². The lowest BCUT2D eigenvalue weighted by Crippen LogP contribution is -2.28. The molecule has 0 aliphatic heterocycles. The summed E-state index contributed by atoms with van der Waals surface area (Å²) in [7, 11) is 0. The number of hydrogen-bond acceptors (Lipinski definition) is 3. The maximum Gasteiger partial charge on any atom is 0.138 e. The van der Waals surface area contributed by atoms with E-state index in [4.69, 9.17) is 5.73 Å². The molecule has 1 atom stereocenters. The van der Waals surface area contributed by atoms with Gasteiger partial charge in [0.25, 0.3) is 0 Å². The minimum absolute atomic E-state index is 0.0669. The molecule has 1 unspecified atom stereocenters. The molecule has 0 aliphatic carbocycles. The minimum Gasteiger partial charge on any atom is -0.327 e. The van der Waals surface area contributed by atoms with Crippen molar-refractivity contribution in [2.24, 2.45) is 5.73 Å². The van der Waals surface area contributed by atoms with E-state index in [0.717, 1.165) is 18.7 Å². The van der Waals surface area contributed by atoms with Crippen LogP contribution in [0.5, 0.6) is 0 Å². The number of nitrogens with zero attached hydrogens (tertiary/aromatic N) is 3. The first kappa shape index (κ1) is 14.7. The predicted octanol–water partition coefficient (Wildman–Crippen LogP) is 2.59. The van der Waals surface area contributed by atoms with Crippen molar-refractivity contribution in [3.05, 3.63) is 47.0 Å². The summed E-state index contributed by atoms with van der Waals surface area (Å²) in [6.45, 7) is 8.46. The highest BCUT2D eigenvalue weighted by Crippen LogP contribution is 2.14. The molecule has 0 spiro atoms. The predicted molar refractivity (Wildman–Crippen MR) is 81.7 cm³/mol. The molecule has 4 heteroatoms. The highest BCUT2D eigenvalue weighted by Gasteiger charge is 2.13. The highest BCUT2D eigenvalue weighted by atomic mass is 15.3. The fourth-order valence-corrected chi connectivity index (χ4v) is 2.46. The van der Waals surface area contributed by atoms with E-state index in [1.165, 1.54) is 16.7 Å². The summed E-state index contributed by atoms with van der Waals surface area (Å²) in [4.78, 5) is 4.33. The molecular formula is C16H24N4. The van der Waals surface area contributed by atoms with Crippen molar-refractivity contribution in [2.75, 3.05) is 0 Å². The second kappa shape index (κ2) is 6.18. The Bertz CT molecular complexity index is 572. The Morgan fingerprint density at radius 1 is 1.20 bits per heavy atom. The molecule has 0 aliphatic rings. The monoisotopic (exact) mass is 272 g/mol. The average Bonchev–Trinajstić information content (AvgIpc) is 2.82. The molecule has 0 saturated carbocycles. The number of aryl methyl sites for hydroxylation is 2. The van der Waals surface area contributed by atoms with E-state index in [1.54, 1.807) is 6.33 Å². The Hall–Kier alpha value is -1.68. The van der Waals surface area contributed by atoms with Crippen molar-refractivity contribution in [3.8, 4) is 0 Å². The van der Waals surface area contributed by atoms with Crippen LogP contribution in [0.1, 0.15) is 42.4 Å². The van der Waals surface area contributed by atoms with Gasteiger partial charge < -0.3 is 5.73 Å². The molecule has 2 aromatic rings. The van der Waals surface area contributed by atoms with E-state index in [2.05, 4.69) is 56.0 Å². The molecule has 0 amide bonds. The molecular weight excluding hydrogens is 248 g/mol. The summed E-state index contributed by atoms with van der Waals surface area (Å²) in [5.41, 5.74) is 10.2. The molecule has 2 N–H and O–H groups in total. The zero-order valence-corrected chi connectivity index (χ0v) is 12.8. The molecule has 0 fully saturated rings. The van der Waals surface area contributed by atoms with Crippen molar-refractivity contribution in [2.45, 2.75) is 52.6 Å². The second-order valence-electron chi connectivity index (χ2n) is 5.81. The van der Waals surface area contributed by atoms with Crippen LogP contribution in [0.2, 0.25) is 0 Å². The Kier molecular flexibility index (Phi) is 4.55. The van der Waals surface area contributed by atoms with Gasteiger partial charge in [-0.2, -0.15) is 5.10 Å². The summed E-state index contributed by atoms with van der Waals surface area (Å²) >= 11 is 0. The Morgan fingerprint density at radius 3 is 2.65 bits per heavy atom. The van der Waals surface area contributed by atoms with Crippen molar-refractivity contribution in [1.29, 1.82) is 0 Å². The maximum absolute atomic E-state index is 6.30. The van der Waals surface area contributed by atoms with Crippen LogP contribution >= 0.6 is 0 Å². The lowest BCUT2D eigenvalue weighted by Gasteiger charge is -2.15. The minimum atomic E-state index is 0.0669. The molecule has 0 bridgehead atoms. The van der Waals surface area contributed by atoms with Gasteiger partial charge in [0.1, 0.15) is 12.2 Å². The zero-order chi connectivity index (χ0) is 14.7. The smallest absolute Gasteiger partial charge is 0.138 e. The number of rotatable bonds is 5. The maximum atomic E-state index is 6.30. The number of aromatic nitrogens is 3. The van der Waals surface area contributed by atoms with E-state index >= 15 is 0 Å². The summed E-state index contributed by atoms with van der Waals surface area (Å²) < 4.78 is 1.95. The average molecular weight is 272 g/mol. The first-order valence-electron chi connectivity index (χ1n) is 7.17.